The van der Waals surface area contributed by atoms with E-state index in [1.165, 1.54) is 10.4 Å². The second kappa shape index (κ2) is 8.28. The Balaban J connectivity index is 1.66. The topological polar surface area (TPSA) is 27.7 Å². The van der Waals surface area contributed by atoms with Crippen molar-refractivity contribution >= 4 is 19.4 Å². The van der Waals surface area contributed by atoms with Crippen LogP contribution < -0.4 is 10.4 Å². The predicted octanol–water partition coefficient (Wildman–Crippen LogP) is 2.86. The Kier molecular flexibility index (Phi) is 6.07. The van der Waals surface area contributed by atoms with Crippen molar-refractivity contribution < 1.29 is 13.9 Å². The van der Waals surface area contributed by atoms with Crippen molar-refractivity contribution in [2.24, 2.45) is 0 Å². The van der Waals surface area contributed by atoms with E-state index >= 15 is 0 Å². The van der Waals surface area contributed by atoms with E-state index < -0.39 is 9.04 Å². The van der Waals surface area contributed by atoms with Crippen molar-refractivity contribution in [1.29, 1.82) is 0 Å². The molecule has 1 heterocycles. The highest BCUT2D eigenvalue weighted by Crippen LogP contribution is 2.23. The van der Waals surface area contributed by atoms with E-state index in [9.17, 15) is 0 Å². The third kappa shape index (κ3) is 5.51. The van der Waals surface area contributed by atoms with E-state index in [1.807, 2.05) is 12.1 Å². The minimum absolute atomic E-state index is 0.130. The zero-order valence-corrected chi connectivity index (χ0v) is 16.5. The first-order valence-electron chi connectivity index (χ1n) is 9.06. The van der Waals surface area contributed by atoms with Crippen LogP contribution in [0.2, 0.25) is 0 Å². The lowest BCUT2D eigenvalue weighted by Gasteiger charge is -2.24. The quantitative estimate of drug-likeness (QED) is 0.745. The number of benzene rings is 2. The van der Waals surface area contributed by atoms with Gasteiger partial charge in [0, 0.05) is 0 Å². The van der Waals surface area contributed by atoms with Crippen LogP contribution in [-0.2, 0) is 13.9 Å². The maximum atomic E-state index is 6.51. The van der Waals surface area contributed by atoms with Crippen LogP contribution in [0.1, 0.15) is 33.6 Å². The summed E-state index contributed by atoms with van der Waals surface area (Å²) in [6.45, 7) is 6.85. The first-order valence-corrected chi connectivity index (χ1v) is 10.7. The number of hydrogen-bond acceptors (Lipinski definition) is 3. The zero-order valence-electron chi connectivity index (χ0n) is 15.4. The van der Waals surface area contributed by atoms with E-state index in [4.69, 9.17) is 13.9 Å². The molecule has 0 bridgehead atoms. The average molecular weight is 357 g/mol. The predicted molar refractivity (Wildman–Crippen MR) is 104 cm³/mol. The molecule has 1 unspecified atom stereocenters. The fourth-order valence-corrected chi connectivity index (χ4v) is 5.34. The highest BCUT2D eigenvalue weighted by molar-refractivity contribution is 6.80. The summed E-state index contributed by atoms with van der Waals surface area (Å²) in [4.78, 5) is 0. The molecule has 2 atom stereocenters. The van der Waals surface area contributed by atoms with E-state index in [0.717, 1.165) is 12.8 Å². The summed E-state index contributed by atoms with van der Waals surface area (Å²) in [7, 11) is -1.75. The maximum absolute atomic E-state index is 6.51. The van der Waals surface area contributed by atoms with Gasteiger partial charge in [-0.2, -0.15) is 0 Å². The van der Waals surface area contributed by atoms with E-state index in [1.54, 1.807) is 0 Å². The summed E-state index contributed by atoms with van der Waals surface area (Å²) in [5.74, 6) is 0. The minimum Gasteiger partial charge on any atom is -0.386 e. The van der Waals surface area contributed by atoms with Gasteiger partial charge in [0.15, 0.2) is 0 Å². The van der Waals surface area contributed by atoms with Gasteiger partial charge in [-0.25, -0.2) is 0 Å². The Bertz CT molecular complexity index is 600. The van der Waals surface area contributed by atoms with Gasteiger partial charge in [-0.05, 0) is 44.0 Å². The molecule has 0 N–H and O–H groups in total. The Morgan fingerprint density at radius 1 is 0.920 bits per heavy atom. The first kappa shape index (κ1) is 18.3. The number of ether oxygens (including phenoxy) is 2. The van der Waals surface area contributed by atoms with Crippen molar-refractivity contribution in [3.8, 4) is 0 Å². The smallest absolute Gasteiger partial charge is 0.243 e. The summed E-state index contributed by atoms with van der Waals surface area (Å²) >= 11 is 0. The molecule has 4 heteroatoms. The van der Waals surface area contributed by atoms with Crippen molar-refractivity contribution in [3.63, 3.8) is 0 Å². The molecule has 2 aromatic rings. The Hall–Kier alpha value is -1.46. The molecular formula is C21H28O3Si. The Morgan fingerprint density at radius 3 is 2.00 bits per heavy atom. The molecule has 1 saturated heterocycles. The highest BCUT2D eigenvalue weighted by atomic mass is 28.3. The molecule has 1 aliphatic heterocycles. The second-order valence-corrected chi connectivity index (χ2v) is 9.89. The molecule has 0 spiro atoms. The molecule has 1 aliphatic rings. The summed E-state index contributed by atoms with van der Waals surface area (Å²) < 4.78 is 18.5. The molecule has 134 valence electrons. The summed E-state index contributed by atoms with van der Waals surface area (Å²) in [5, 5.41) is 2.57. The fourth-order valence-electron chi connectivity index (χ4n) is 3.00. The first-order chi connectivity index (χ1) is 12.0. The second-order valence-electron chi connectivity index (χ2n) is 7.53. The monoisotopic (exact) mass is 356 g/mol. The van der Waals surface area contributed by atoms with Gasteiger partial charge in [0.1, 0.15) is 6.29 Å². The molecule has 0 amide bonds. The van der Waals surface area contributed by atoms with E-state index in [0.29, 0.717) is 6.61 Å². The molecule has 0 aliphatic carbocycles. The van der Waals surface area contributed by atoms with Gasteiger partial charge in [-0.1, -0.05) is 60.7 Å². The number of rotatable bonds is 6. The van der Waals surface area contributed by atoms with Gasteiger partial charge in [0.2, 0.25) is 9.04 Å². The van der Waals surface area contributed by atoms with Crippen LogP contribution in [0.25, 0.3) is 0 Å². The molecule has 0 aromatic heterocycles. The molecule has 3 nitrogen and oxygen atoms in total. The van der Waals surface area contributed by atoms with Crippen molar-refractivity contribution in [2.45, 2.75) is 51.6 Å². The van der Waals surface area contributed by atoms with Crippen LogP contribution in [0, 0.1) is 0 Å². The maximum Gasteiger partial charge on any atom is 0.243 e. The van der Waals surface area contributed by atoms with Gasteiger partial charge in [-0.3, -0.25) is 0 Å². The van der Waals surface area contributed by atoms with Crippen LogP contribution in [0.4, 0.5) is 0 Å². The molecule has 0 saturated carbocycles. The van der Waals surface area contributed by atoms with Crippen LogP contribution >= 0.6 is 0 Å². The van der Waals surface area contributed by atoms with Gasteiger partial charge in [0.05, 0.1) is 18.3 Å². The normalized spacial score (nSPS) is 21.0. The largest absolute Gasteiger partial charge is 0.386 e. The molecule has 25 heavy (non-hydrogen) atoms. The Labute approximate surface area is 152 Å². The molecule has 2 aromatic carbocycles. The lowest BCUT2D eigenvalue weighted by atomic mass is 10.2. The summed E-state index contributed by atoms with van der Waals surface area (Å²) in [6.07, 6.45) is 1.92. The average Bonchev–Trinajstić information content (AvgIpc) is 3.07. The van der Waals surface area contributed by atoms with Crippen LogP contribution in [0.15, 0.2) is 60.7 Å². The standard InChI is InChI=1S/C21H28O3Si/c1-21(2,3)22-16-17-14-15-20(23-17)24-25(18-10-6-4-7-11-18)19-12-8-5-9-13-19/h4-13,17,20,25H,14-16H2,1-3H3/t17-,20?/m0/s1. The van der Waals surface area contributed by atoms with Gasteiger partial charge in [-0.15, -0.1) is 0 Å². The lowest BCUT2D eigenvalue weighted by molar-refractivity contribution is -0.115. The van der Waals surface area contributed by atoms with E-state index in [2.05, 4.69) is 69.3 Å². The lowest BCUT2D eigenvalue weighted by Crippen LogP contribution is -2.47. The third-order valence-corrected chi connectivity index (χ3v) is 6.82. The molecule has 1 fully saturated rings. The SMILES string of the molecule is CC(C)(C)OC[C@@H]1CCC(O[SiH](c2ccccc2)c2ccccc2)O1. The van der Waals surface area contributed by atoms with Crippen molar-refractivity contribution in [2.75, 3.05) is 6.61 Å². The molecule has 3 rings (SSSR count). The third-order valence-electron chi connectivity index (χ3n) is 4.26. The van der Waals surface area contributed by atoms with Crippen LogP contribution in [-0.4, -0.2) is 33.6 Å². The van der Waals surface area contributed by atoms with Crippen molar-refractivity contribution in [3.05, 3.63) is 60.7 Å². The highest BCUT2D eigenvalue weighted by Gasteiger charge is 2.31. The Morgan fingerprint density at radius 2 is 1.48 bits per heavy atom. The summed E-state index contributed by atoms with van der Waals surface area (Å²) in [5.41, 5.74) is -0.131. The van der Waals surface area contributed by atoms with E-state index in [-0.39, 0.29) is 18.0 Å². The fraction of sp³-hybridized carbons (Fsp3) is 0.429. The zero-order chi connectivity index (χ0) is 17.7. The minimum atomic E-state index is -1.75. The van der Waals surface area contributed by atoms with Crippen LogP contribution in [0.5, 0.6) is 0 Å². The molecule has 0 radical (unpaired) electrons. The van der Waals surface area contributed by atoms with Gasteiger partial charge < -0.3 is 13.9 Å². The van der Waals surface area contributed by atoms with Crippen molar-refractivity contribution in [1.82, 2.24) is 0 Å². The molecular weight excluding hydrogens is 328 g/mol. The van der Waals surface area contributed by atoms with Gasteiger partial charge in [0.25, 0.3) is 0 Å². The number of hydrogen-bond donors (Lipinski definition) is 0. The van der Waals surface area contributed by atoms with Crippen LogP contribution in [0.3, 0.4) is 0 Å². The summed E-state index contributed by atoms with van der Waals surface area (Å²) in [6, 6.07) is 21.1. The van der Waals surface area contributed by atoms with Gasteiger partial charge >= 0.3 is 0 Å².